The van der Waals surface area contributed by atoms with E-state index in [1.807, 2.05) is 18.2 Å². The summed E-state index contributed by atoms with van der Waals surface area (Å²) in [6.07, 6.45) is 3.15. The van der Waals surface area contributed by atoms with Crippen molar-refractivity contribution in [2.24, 2.45) is 0 Å². The first-order valence-corrected chi connectivity index (χ1v) is 6.46. The molecule has 0 amide bonds. The van der Waals surface area contributed by atoms with E-state index in [0.717, 1.165) is 17.1 Å². The maximum atomic E-state index is 11.1. The Balaban J connectivity index is 2.44. The fourth-order valence-electron chi connectivity index (χ4n) is 1.63. The zero-order valence-corrected chi connectivity index (χ0v) is 12.1. The summed E-state index contributed by atoms with van der Waals surface area (Å²) in [5.41, 5.74) is 1.03. The Morgan fingerprint density at radius 3 is 2.75 bits per heavy atom. The van der Waals surface area contributed by atoms with Crippen molar-refractivity contribution >= 4 is 5.97 Å². The molecule has 0 aliphatic carbocycles. The van der Waals surface area contributed by atoms with Crippen molar-refractivity contribution < 1.29 is 19.0 Å². The fourth-order valence-corrected chi connectivity index (χ4v) is 1.63. The summed E-state index contributed by atoms with van der Waals surface area (Å²) in [6.45, 7) is 3.38. The van der Waals surface area contributed by atoms with E-state index in [1.165, 1.54) is 6.08 Å². The Morgan fingerprint density at radius 2 is 2.10 bits per heavy atom. The van der Waals surface area contributed by atoms with Gasteiger partial charge in [0.05, 0.1) is 20.8 Å². The largest absolute Gasteiger partial charge is 0.497 e. The summed E-state index contributed by atoms with van der Waals surface area (Å²) in [6, 6.07) is 5.67. The monoisotopic (exact) mass is 279 g/mol. The summed E-state index contributed by atoms with van der Waals surface area (Å²) in [4.78, 5) is 11.1. The third kappa shape index (κ3) is 5.32. The lowest BCUT2D eigenvalue weighted by Gasteiger charge is -2.10. The van der Waals surface area contributed by atoms with E-state index in [9.17, 15) is 4.79 Å². The van der Waals surface area contributed by atoms with Gasteiger partial charge in [-0.15, -0.1) is 0 Å². The molecule has 0 saturated heterocycles. The number of methoxy groups -OCH3 is 2. The Hall–Kier alpha value is -2.01. The highest BCUT2D eigenvalue weighted by molar-refractivity contribution is 5.81. The number of rotatable bonds is 8. The summed E-state index contributed by atoms with van der Waals surface area (Å²) in [5.74, 6) is 1.20. The molecule has 0 spiro atoms. The molecule has 0 aliphatic rings. The van der Waals surface area contributed by atoms with Crippen molar-refractivity contribution in [3.05, 3.63) is 35.9 Å². The van der Waals surface area contributed by atoms with Crippen LogP contribution in [0.3, 0.4) is 0 Å². The number of carbonyl (C=O) groups is 1. The van der Waals surface area contributed by atoms with Crippen molar-refractivity contribution in [3.8, 4) is 11.5 Å². The molecule has 1 aromatic carbocycles. The second-order valence-electron chi connectivity index (χ2n) is 3.96. The molecule has 20 heavy (non-hydrogen) atoms. The van der Waals surface area contributed by atoms with Crippen molar-refractivity contribution in [1.82, 2.24) is 5.32 Å². The third-order valence-electron chi connectivity index (χ3n) is 2.61. The molecule has 0 heterocycles. The van der Waals surface area contributed by atoms with Gasteiger partial charge >= 0.3 is 5.97 Å². The highest BCUT2D eigenvalue weighted by Crippen LogP contribution is 2.24. The van der Waals surface area contributed by atoms with Crippen molar-refractivity contribution in [2.75, 3.05) is 27.4 Å². The van der Waals surface area contributed by atoms with Gasteiger partial charge in [0.25, 0.3) is 0 Å². The van der Waals surface area contributed by atoms with Gasteiger partial charge in [-0.3, -0.25) is 0 Å². The SMILES string of the molecule is CCOC(=O)/C=C/CNCc1ccc(OC)cc1OC. The number of hydrogen-bond acceptors (Lipinski definition) is 5. The number of esters is 1. The number of hydrogen-bond donors (Lipinski definition) is 1. The Bertz CT molecular complexity index is 457. The van der Waals surface area contributed by atoms with Gasteiger partial charge in [-0.1, -0.05) is 12.1 Å². The minimum absolute atomic E-state index is 0.323. The van der Waals surface area contributed by atoms with Crippen molar-refractivity contribution in [3.63, 3.8) is 0 Å². The molecule has 0 aliphatic heterocycles. The van der Waals surface area contributed by atoms with Crippen LogP contribution in [0, 0.1) is 0 Å². The second kappa shape index (κ2) is 8.98. The quantitative estimate of drug-likeness (QED) is 0.447. The minimum atomic E-state index is -0.323. The van der Waals surface area contributed by atoms with Gasteiger partial charge in [-0.25, -0.2) is 4.79 Å². The molecule has 0 saturated carbocycles. The van der Waals surface area contributed by atoms with Crippen LogP contribution >= 0.6 is 0 Å². The van der Waals surface area contributed by atoms with Crippen LogP contribution in [-0.4, -0.2) is 33.3 Å². The smallest absolute Gasteiger partial charge is 0.330 e. The highest BCUT2D eigenvalue weighted by atomic mass is 16.5. The first-order chi connectivity index (χ1) is 9.71. The van der Waals surface area contributed by atoms with Gasteiger partial charge < -0.3 is 19.5 Å². The minimum Gasteiger partial charge on any atom is -0.497 e. The van der Waals surface area contributed by atoms with E-state index in [1.54, 1.807) is 27.2 Å². The molecule has 110 valence electrons. The van der Waals surface area contributed by atoms with Crippen LogP contribution in [0.25, 0.3) is 0 Å². The standard InChI is InChI=1S/C15H21NO4/c1-4-20-15(17)6-5-9-16-11-12-7-8-13(18-2)10-14(12)19-3/h5-8,10,16H,4,9,11H2,1-3H3/b6-5+. The number of ether oxygens (including phenoxy) is 3. The van der Waals surface area contributed by atoms with Crippen molar-refractivity contribution in [1.29, 1.82) is 0 Å². The first-order valence-electron chi connectivity index (χ1n) is 6.46. The van der Waals surface area contributed by atoms with Gasteiger partial charge in [0.15, 0.2) is 0 Å². The normalized spacial score (nSPS) is 10.6. The third-order valence-corrected chi connectivity index (χ3v) is 2.61. The van der Waals surface area contributed by atoms with Gasteiger partial charge in [-0.05, 0) is 13.0 Å². The van der Waals surface area contributed by atoms with Crippen LogP contribution in [-0.2, 0) is 16.1 Å². The molecule has 5 heteroatoms. The summed E-state index contributed by atoms with van der Waals surface area (Å²) in [5, 5.41) is 3.20. The van der Waals surface area contributed by atoms with E-state index in [4.69, 9.17) is 14.2 Å². The zero-order chi connectivity index (χ0) is 14.8. The molecule has 0 radical (unpaired) electrons. The van der Waals surface area contributed by atoms with Crippen LogP contribution in [0.15, 0.2) is 30.4 Å². The fraction of sp³-hybridized carbons (Fsp3) is 0.400. The number of carbonyl (C=O) groups excluding carboxylic acids is 1. The lowest BCUT2D eigenvalue weighted by Crippen LogP contribution is -2.14. The van der Waals surface area contributed by atoms with E-state index in [2.05, 4.69) is 5.32 Å². The van der Waals surface area contributed by atoms with Crippen LogP contribution in [0.1, 0.15) is 12.5 Å². The predicted octanol–water partition coefficient (Wildman–Crippen LogP) is 1.91. The van der Waals surface area contributed by atoms with Crippen LogP contribution in [0.4, 0.5) is 0 Å². The molecule has 0 aromatic heterocycles. The molecular formula is C15H21NO4. The second-order valence-corrected chi connectivity index (χ2v) is 3.96. The molecule has 0 unspecified atom stereocenters. The van der Waals surface area contributed by atoms with E-state index in [0.29, 0.717) is 19.7 Å². The molecule has 0 fully saturated rings. The molecule has 0 atom stereocenters. The van der Waals surface area contributed by atoms with E-state index < -0.39 is 0 Å². The maximum absolute atomic E-state index is 11.1. The van der Waals surface area contributed by atoms with E-state index in [-0.39, 0.29) is 5.97 Å². The molecule has 5 nitrogen and oxygen atoms in total. The summed E-state index contributed by atoms with van der Waals surface area (Å²) < 4.78 is 15.2. The van der Waals surface area contributed by atoms with Gasteiger partial charge in [0.1, 0.15) is 11.5 Å². The lowest BCUT2D eigenvalue weighted by atomic mass is 10.2. The van der Waals surface area contributed by atoms with E-state index >= 15 is 0 Å². The highest BCUT2D eigenvalue weighted by Gasteiger charge is 2.04. The number of benzene rings is 1. The van der Waals surface area contributed by atoms with Gasteiger partial charge in [-0.2, -0.15) is 0 Å². The topological polar surface area (TPSA) is 56.8 Å². The van der Waals surface area contributed by atoms with Crippen LogP contribution in [0.2, 0.25) is 0 Å². The first kappa shape index (κ1) is 16.0. The van der Waals surface area contributed by atoms with Crippen LogP contribution < -0.4 is 14.8 Å². The number of nitrogens with one attached hydrogen (secondary N) is 1. The molecular weight excluding hydrogens is 258 g/mol. The average Bonchev–Trinajstić information content (AvgIpc) is 2.47. The average molecular weight is 279 g/mol. The van der Waals surface area contributed by atoms with Crippen molar-refractivity contribution in [2.45, 2.75) is 13.5 Å². The predicted molar refractivity (Wildman–Crippen MR) is 77.0 cm³/mol. The maximum Gasteiger partial charge on any atom is 0.330 e. The lowest BCUT2D eigenvalue weighted by molar-refractivity contribution is -0.137. The Kier molecular flexibility index (Phi) is 7.21. The molecule has 1 aromatic rings. The summed E-state index contributed by atoms with van der Waals surface area (Å²) >= 11 is 0. The Labute approximate surface area is 119 Å². The molecule has 1 N–H and O–H groups in total. The van der Waals surface area contributed by atoms with Crippen LogP contribution in [0.5, 0.6) is 11.5 Å². The Morgan fingerprint density at radius 1 is 1.30 bits per heavy atom. The zero-order valence-electron chi connectivity index (χ0n) is 12.1. The molecule has 0 bridgehead atoms. The van der Waals surface area contributed by atoms with Gasteiger partial charge in [0, 0.05) is 30.8 Å². The summed E-state index contributed by atoms with van der Waals surface area (Å²) in [7, 11) is 3.24. The van der Waals surface area contributed by atoms with Gasteiger partial charge in [0.2, 0.25) is 0 Å². The molecule has 1 rings (SSSR count).